The first-order valence-electron chi connectivity index (χ1n) is 7.89. The number of nitrogens with zero attached hydrogens (tertiary/aromatic N) is 1. The lowest BCUT2D eigenvalue weighted by Gasteiger charge is -2.06. The van der Waals surface area contributed by atoms with Crippen molar-refractivity contribution in [2.24, 2.45) is 0 Å². The van der Waals surface area contributed by atoms with Crippen LogP contribution in [0.2, 0.25) is 0 Å². The van der Waals surface area contributed by atoms with E-state index in [-0.39, 0.29) is 5.91 Å². The minimum absolute atomic E-state index is 0.289. The lowest BCUT2D eigenvalue weighted by Crippen LogP contribution is -2.41. The highest BCUT2D eigenvalue weighted by atomic mass is 32.1. The number of pyridine rings is 1. The lowest BCUT2D eigenvalue weighted by atomic mass is 10.1. The van der Waals surface area contributed by atoms with Crippen molar-refractivity contribution in [2.45, 2.75) is 32.1 Å². The van der Waals surface area contributed by atoms with Gasteiger partial charge in [-0.05, 0) is 43.4 Å². The van der Waals surface area contributed by atoms with E-state index in [1.54, 1.807) is 12.1 Å². The molecule has 0 aromatic carbocycles. The fraction of sp³-hybridized carbons (Fsp3) is 0.353. The Bertz CT molecular complexity index is 717. The molecule has 2 heterocycles. The highest BCUT2D eigenvalue weighted by molar-refractivity contribution is 7.14. The van der Waals surface area contributed by atoms with Crippen molar-refractivity contribution >= 4 is 23.2 Å². The number of aromatic nitrogens is 1. The van der Waals surface area contributed by atoms with E-state index >= 15 is 0 Å². The van der Waals surface area contributed by atoms with Crippen molar-refractivity contribution < 1.29 is 14.3 Å². The number of aryl methyl sites for hydroxylation is 2. The van der Waals surface area contributed by atoms with Gasteiger partial charge in [0.25, 0.3) is 11.8 Å². The van der Waals surface area contributed by atoms with Gasteiger partial charge in [0.15, 0.2) is 0 Å². The molecule has 2 aromatic heterocycles. The Morgan fingerprint density at radius 2 is 1.92 bits per heavy atom. The summed E-state index contributed by atoms with van der Waals surface area (Å²) in [5.41, 5.74) is 6.50. The van der Waals surface area contributed by atoms with Crippen LogP contribution in [-0.4, -0.2) is 23.9 Å². The fourth-order valence-electron chi connectivity index (χ4n) is 2.66. The third-order valence-corrected chi connectivity index (χ3v) is 5.20. The zero-order valence-electron chi connectivity index (χ0n) is 13.4. The zero-order valence-corrected chi connectivity index (χ0v) is 14.2. The first-order chi connectivity index (χ1) is 11.7. The van der Waals surface area contributed by atoms with Crippen LogP contribution in [-0.2, 0) is 12.8 Å². The first-order valence-corrected chi connectivity index (χ1v) is 8.71. The first kappa shape index (κ1) is 16.4. The van der Waals surface area contributed by atoms with Gasteiger partial charge in [-0.3, -0.25) is 20.4 Å². The molecule has 1 aliphatic carbocycles. The number of hydrazine groups is 1. The van der Waals surface area contributed by atoms with Gasteiger partial charge >= 0.3 is 0 Å². The van der Waals surface area contributed by atoms with Crippen molar-refractivity contribution in [3.8, 4) is 5.88 Å². The predicted octanol–water partition coefficient (Wildman–Crippen LogP) is 2.50. The maximum atomic E-state index is 12.2. The van der Waals surface area contributed by atoms with E-state index in [4.69, 9.17) is 4.74 Å². The summed E-state index contributed by atoms with van der Waals surface area (Å²) in [6, 6.07) is 5.12. The standard InChI is InChI=1S/C17H19N3O3S/c1-23-15-8-7-12(10-18-15)16(21)19-20-17(22)14-9-11-5-3-2-4-6-13(11)24-14/h7-10H,2-6H2,1H3,(H,19,21)(H,20,22). The molecule has 2 aromatic rings. The van der Waals surface area contributed by atoms with Crippen LogP contribution in [0.15, 0.2) is 24.4 Å². The van der Waals surface area contributed by atoms with Crippen molar-refractivity contribution in [3.05, 3.63) is 45.3 Å². The van der Waals surface area contributed by atoms with E-state index in [9.17, 15) is 9.59 Å². The summed E-state index contributed by atoms with van der Waals surface area (Å²) in [4.78, 5) is 30.1. The van der Waals surface area contributed by atoms with E-state index in [1.165, 1.54) is 54.3 Å². The molecule has 0 radical (unpaired) electrons. The Morgan fingerprint density at radius 3 is 2.67 bits per heavy atom. The van der Waals surface area contributed by atoms with Gasteiger partial charge in [-0.25, -0.2) is 4.98 Å². The maximum absolute atomic E-state index is 12.2. The van der Waals surface area contributed by atoms with Crippen molar-refractivity contribution in [2.75, 3.05) is 7.11 Å². The molecule has 0 spiro atoms. The highest BCUT2D eigenvalue weighted by Gasteiger charge is 2.17. The van der Waals surface area contributed by atoms with Gasteiger partial charge in [-0.15, -0.1) is 11.3 Å². The Kier molecular flexibility index (Phi) is 5.10. The number of hydrogen-bond donors (Lipinski definition) is 2. The molecule has 2 N–H and O–H groups in total. The van der Waals surface area contributed by atoms with E-state index in [2.05, 4.69) is 15.8 Å². The maximum Gasteiger partial charge on any atom is 0.279 e. The van der Waals surface area contributed by atoms with Crippen LogP contribution in [0.3, 0.4) is 0 Å². The summed E-state index contributed by atoms with van der Waals surface area (Å²) in [6.45, 7) is 0. The quantitative estimate of drug-likeness (QED) is 0.662. The van der Waals surface area contributed by atoms with Gasteiger partial charge < -0.3 is 4.74 Å². The minimum atomic E-state index is -0.420. The van der Waals surface area contributed by atoms with E-state index in [1.807, 2.05) is 6.07 Å². The molecule has 1 aliphatic rings. The van der Waals surface area contributed by atoms with Crippen LogP contribution in [0.4, 0.5) is 0 Å². The Balaban J connectivity index is 1.59. The molecule has 0 unspecified atom stereocenters. The molecular weight excluding hydrogens is 326 g/mol. The van der Waals surface area contributed by atoms with Crippen molar-refractivity contribution in [3.63, 3.8) is 0 Å². The number of amides is 2. The molecule has 7 heteroatoms. The largest absolute Gasteiger partial charge is 0.481 e. The van der Waals surface area contributed by atoms with E-state index in [0.717, 1.165) is 12.8 Å². The van der Waals surface area contributed by atoms with Gasteiger partial charge in [0, 0.05) is 17.1 Å². The number of methoxy groups -OCH3 is 1. The Hall–Kier alpha value is -2.41. The summed E-state index contributed by atoms with van der Waals surface area (Å²) >= 11 is 1.52. The number of fused-ring (bicyclic) bond motifs is 1. The molecule has 0 saturated carbocycles. The number of ether oxygens (including phenoxy) is 1. The summed E-state index contributed by atoms with van der Waals surface area (Å²) in [5, 5.41) is 0. The molecule has 2 amide bonds. The minimum Gasteiger partial charge on any atom is -0.481 e. The van der Waals surface area contributed by atoms with E-state index < -0.39 is 5.91 Å². The Labute approximate surface area is 144 Å². The van der Waals surface area contributed by atoms with Crippen LogP contribution in [0, 0.1) is 0 Å². The molecule has 6 nitrogen and oxygen atoms in total. The van der Waals surface area contributed by atoms with Gasteiger partial charge in [-0.2, -0.15) is 0 Å². The summed E-state index contributed by atoms with van der Waals surface area (Å²) in [7, 11) is 1.50. The van der Waals surface area contributed by atoms with Crippen molar-refractivity contribution in [1.29, 1.82) is 0 Å². The van der Waals surface area contributed by atoms with Crippen molar-refractivity contribution in [1.82, 2.24) is 15.8 Å². The summed E-state index contributed by atoms with van der Waals surface area (Å²) in [5.74, 6) is -0.282. The normalized spacial score (nSPS) is 13.5. The number of carbonyl (C=O) groups excluding carboxylic acids is 2. The number of thiophene rings is 1. The van der Waals surface area contributed by atoms with Gasteiger partial charge in [0.2, 0.25) is 5.88 Å². The molecule has 0 aliphatic heterocycles. The average molecular weight is 345 g/mol. The lowest BCUT2D eigenvalue weighted by molar-refractivity contribution is 0.0848. The predicted molar refractivity (Wildman–Crippen MR) is 91.3 cm³/mol. The molecule has 24 heavy (non-hydrogen) atoms. The van der Waals surface area contributed by atoms with E-state index in [0.29, 0.717) is 16.3 Å². The summed E-state index contributed by atoms with van der Waals surface area (Å²) in [6.07, 6.45) is 7.06. The van der Waals surface area contributed by atoms with Gasteiger partial charge in [-0.1, -0.05) is 6.42 Å². The monoisotopic (exact) mass is 345 g/mol. The molecule has 0 saturated heterocycles. The number of hydrogen-bond acceptors (Lipinski definition) is 5. The van der Waals surface area contributed by atoms with Gasteiger partial charge in [0.05, 0.1) is 17.6 Å². The van der Waals surface area contributed by atoms with Crippen LogP contribution in [0.1, 0.15) is 49.7 Å². The second-order valence-electron chi connectivity index (χ2n) is 5.62. The zero-order chi connectivity index (χ0) is 16.9. The van der Waals surface area contributed by atoms with Crippen LogP contribution in [0.5, 0.6) is 5.88 Å². The molecule has 3 rings (SSSR count). The highest BCUT2D eigenvalue weighted by Crippen LogP contribution is 2.28. The van der Waals surface area contributed by atoms with Crippen LogP contribution in [0.25, 0.3) is 0 Å². The molecule has 0 bridgehead atoms. The second-order valence-corrected chi connectivity index (χ2v) is 6.75. The number of nitrogens with one attached hydrogen (secondary N) is 2. The molecule has 0 atom stereocenters. The third-order valence-electron chi connectivity index (χ3n) is 3.97. The molecule has 126 valence electrons. The fourth-order valence-corrected chi connectivity index (χ4v) is 3.81. The second kappa shape index (κ2) is 7.44. The molecular formula is C17H19N3O3S. The SMILES string of the molecule is COc1ccc(C(=O)NNC(=O)c2cc3c(s2)CCCCC3)cn1. The average Bonchev–Trinajstić information content (AvgIpc) is 2.90. The van der Waals surface area contributed by atoms with Crippen LogP contribution < -0.4 is 15.6 Å². The van der Waals surface area contributed by atoms with Gasteiger partial charge in [0.1, 0.15) is 0 Å². The topological polar surface area (TPSA) is 80.3 Å². The smallest absolute Gasteiger partial charge is 0.279 e. The third kappa shape index (κ3) is 3.73. The summed E-state index contributed by atoms with van der Waals surface area (Å²) < 4.78 is 4.94. The van der Waals surface area contributed by atoms with Crippen LogP contribution >= 0.6 is 11.3 Å². The number of rotatable bonds is 3. The molecule has 0 fully saturated rings. The Morgan fingerprint density at radius 1 is 1.12 bits per heavy atom. The number of carbonyl (C=O) groups is 2.